The zero-order valence-corrected chi connectivity index (χ0v) is 15.9. The maximum absolute atomic E-state index is 11.8. The number of fused-ring (bicyclic) bond motifs is 1. The second-order valence-corrected chi connectivity index (χ2v) is 6.73. The number of aromatic nitrogens is 4. The number of pyridine rings is 1. The van der Waals surface area contributed by atoms with Crippen molar-refractivity contribution in [3.63, 3.8) is 0 Å². The summed E-state index contributed by atoms with van der Waals surface area (Å²) in [6, 6.07) is 13.2. The number of hydrogen-bond donors (Lipinski definition) is 3. The summed E-state index contributed by atoms with van der Waals surface area (Å²) in [6.07, 6.45) is 3.40. The molecule has 3 N–H and O–H groups in total. The van der Waals surface area contributed by atoms with Gasteiger partial charge in [-0.05, 0) is 58.4 Å². The Morgan fingerprint density at radius 3 is 2.78 bits per heavy atom. The van der Waals surface area contributed by atoms with Crippen LogP contribution in [0.5, 0.6) is 0 Å². The molecule has 3 heterocycles. The third-order valence-corrected chi connectivity index (χ3v) is 4.45. The normalized spacial score (nSPS) is 10.7. The van der Waals surface area contributed by atoms with Gasteiger partial charge < -0.3 is 15.6 Å². The van der Waals surface area contributed by atoms with Gasteiger partial charge in [0.25, 0.3) is 5.91 Å². The lowest BCUT2D eigenvalue weighted by molar-refractivity contribution is 0.0959. The molecule has 0 aliphatic heterocycles. The molecule has 0 aliphatic carbocycles. The first kappa shape index (κ1) is 17.2. The van der Waals surface area contributed by atoms with Crippen molar-refractivity contribution in [2.45, 2.75) is 0 Å². The third-order valence-electron chi connectivity index (χ3n) is 3.98. The predicted molar refractivity (Wildman–Crippen MR) is 108 cm³/mol. The van der Waals surface area contributed by atoms with E-state index in [9.17, 15) is 4.79 Å². The second-order valence-electron chi connectivity index (χ2n) is 5.82. The topological polar surface area (TPSA) is 95.6 Å². The van der Waals surface area contributed by atoms with Crippen molar-refractivity contribution < 1.29 is 4.79 Å². The monoisotopic (exact) mass is 422 g/mol. The molecule has 27 heavy (non-hydrogen) atoms. The quantitative estimate of drug-likeness (QED) is 0.463. The maximum Gasteiger partial charge on any atom is 0.267 e. The van der Waals surface area contributed by atoms with Crippen LogP contribution in [0.1, 0.15) is 10.5 Å². The number of nitrogens with one attached hydrogen (secondary N) is 3. The Bertz CT molecular complexity index is 1120. The van der Waals surface area contributed by atoms with E-state index in [4.69, 9.17) is 0 Å². The number of aromatic amines is 1. The highest BCUT2D eigenvalue weighted by atomic mass is 79.9. The van der Waals surface area contributed by atoms with Crippen molar-refractivity contribution in [2.75, 3.05) is 12.4 Å². The lowest BCUT2D eigenvalue weighted by Gasteiger charge is -2.07. The number of amides is 1. The van der Waals surface area contributed by atoms with Crippen molar-refractivity contribution in [3.05, 3.63) is 65.0 Å². The summed E-state index contributed by atoms with van der Waals surface area (Å²) in [7, 11) is 1.60. The van der Waals surface area contributed by atoms with Gasteiger partial charge in [0, 0.05) is 40.5 Å². The molecule has 0 saturated heterocycles. The second kappa shape index (κ2) is 7.16. The van der Waals surface area contributed by atoms with Crippen LogP contribution in [0.4, 0.5) is 11.5 Å². The Hall–Kier alpha value is -3.26. The van der Waals surface area contributed by atoms with Crippen molar-refractivity contribution in [1.82, 2.24) is 25.3 Å². The molecule has 0 unspecified atom stereocenters. The Morgan fingerprint density at radius 1 is 1.11 bits per heavy atom. The van der Waals surface area contributed by atoms with Gasteiger partial charge in [0.05, 0.1) is 0 Å². The average Bonchev–Trinajstić information content (AvgIpc) is 3.11. The van der Waals surface area contributed by atoms with Gasteiger partial charge in [-0.1, -0.05) is 0 Å². The fourth-order valence-electron chi connectivity index (χ4n) is 2.68. The number of benzene rings is 1. The van der Waals surface area contributed by atoms with Crippen molar-refractivity contribution in [3.8, 4) is 11.5 Å². The van der Waals surface area contributed by atoms with Gasteiger partial charge >= 0.3 is 0 Å². The molecule has 8 heteroatoms. The van der Waals surface area contributed by atoms with Crippen LogP contribution in [0.25, 0.3) is 22.4 Å². The number of rotatable bonds is 4. The molecule has 1 aromatic carbocycles. The standard InChI is InChI=1S/C19H15BrN6O/c1-21-19(27)16-9-11-8-13(3-5-14(11)25-16)24-17-6-7-22-18(26-17)15-4-2-12(20)10-23-15/h2-10,25H,1H3,(H,21,27)(H,22,24,26). The van der Waals surface area contributed by atoms with Crippen molar-refractivity contribution >= 4 is 44.2 Å². The first-order valence-electron chi connectivity index (χ1n) is 8.19. The van der Waals surface area contributed by atoms with E-state index < -0.39 is 0 Å². The van der Waals surface area contributed by atoms with Gasteiger partial charge in [-0.25, -0.2) is 9.97 Å². The van der Waals surface area contributed by atoms with Crippen LogP contribution < -0.4 is 10.6 Å². The summed E-state index contributed by atoms with van der Waals surface area (Å²) in [5, 5.41) is 6.81. The smallest absolute Gasteiger partial charge is 0.267 e. The summed E-state index contributed by atoms with van der Waals surface area (Å²) < 4.78 is 0.899. The Balaban J connectivity index is 1.61. The molecule has 3 aromatic heterocycles. The number of anilines is 2. The molecule has 0 saturated carbocycles. The molecule has 4 aromatic rings. The molecule has 7 nitrogen and oxygen atoms in total. The molecular weight excluding hydrogens is 408 g/mol. The van der Waals surface area contributed by atoms with Gasteiger partial charge in [0.15, 0.2) is 5.82 Å². The zero-order valence-electron chi connectivity index (χ0n) is 14.3. The molecule has 4 rings (SSSR count). The predicted octanol–water partition coefficient (Wildman–Crippen LogP) is 3.89. The van der Waals surface area contributed by atoms with E-state index in [2.05, 4.69) is 46.5 Å². The number of H-pyrrole nitrogens is 1. The van der Waals surface area contributed by atoms with E-state index >= 15 is 0 Å². The molecule has 0 spiro atoms. The Labute approximate surface area is 163 Å². The number of carbonyl (C=O) groups excluding carboxylic acids is 1. The summed E-state index contributed by atoms with van der Waals surface area (Å²) >= 11 is 3.37. The molecule has 0 atom stereocenters. The first-order valence-corrected chi connectivity index (χ1v) is 8.98. The Kier molecular flexibility index (Phi) is 4.55. The van der Waals surface area contributed by atoms with Gasteiger partial charge in [-0.2, -0.15) is 0 Å². The highest BCUT2D eigenvalue weighted by Gasteiger charge is 2.09. The van der Waals surface area contributed by atoms with Gasteiger partial charge in [0.2, 0.25) is 0 Å². The van der Waals surface area contributed by atoms with Crippen LogP contribution in [0.15, 0.2) is 59.3 Å². The summed E-state index contributed by atoms with van der Waals surface area (Å²) in [5.41, 5.74) is 2.97. The summed E-state index contributed by atoms with van der Waals surface area (Å²) in [5.74, 6) is 1.05. The minimum atomic E-state index is -0.150. The fraction of sp³-hybridized carbons (Fsp3) is 0.0526. The van der Waals surface area contributed by atoms with Gasteiger partial charge in [0.1, 0.15) is 17.2 Å². The highest BCUT2D eigenvalue weighted by molar-refractivity contribution is 9.10. The van der Waals surface area contributed by atoms with E-state index in [1.807, 2.05) is 36.4 Å². The van der Waals surface area contributed by atoms with E-state index in [0.29, 0.717) is 23.0 Å². The molecule has 134 valence electrons. The summed E-state index contributed by atoms with van der Waals surface area (Å²) in [4.78, 5) is 28.0. The lowest BCUT2D eigenvalue weighted by atomic mass is 10.2. The van der Waals surface area contributed by atoms with Crippen LogP contribution in [0.2, 0.25) is 0 Å². The average molecular weight is 423 g/mol. The lowest BCUT2D eigenvalue weighted by Crippen LogP contribution is -2.17. The number of nitrogens with zero attached hydrogens (tertiary/aromatic N) is 3. The van der Waals surface area contributed by atoms with Crippen LogP contribution in [0.3, 0.4) is 0 Å². The van der Waals surface area contributed by atoms with Crippen LogP contribution in [-0.4, -0.2) is 32.9 Å². The Morgan fingerprint density at radius 2 is 2.00 bits per heavy atom. The largest absolute Gasteiger partial charge is 0.354 e. The zero-order chi connectivity index (χ0) is 18.8. The number of carbonyl (C=O) groups is 1. The maximum atomic E-state index is 11.8. The summed E-state index contributed by atoms with van der Waals surface area (Å²) in [6.45, 7) is 0. The number of hydrogen-bond acceptors (Lipinski definition) is 5. The fourth-order valence-corrected chi connectivity index (χ4v) is 2.91. The SMILES string of the molecule is CNC(=O)c1cc2cc(Nc3ccnc(-c4ccc(Br)cn4)n3)ccc2[nH]1. The van der Waals surface area contributed by atoms with Gasteiger partial charge in [-0.3, -0.25) is 9.78 Å². The molecular formula is C19H15BrN6O. The minimum absolute atomic E-state index is 0.150. The molecule has 1 amide bonds. The third kappa shape index (κ3) is 3.65. The van der Waals surface area contributed by atoms with Crippen LogP contribution in [-0.2, 0) is 0 Å². The van der Waals surface area contributed by atoms with Crippen molar-refractivity contribution in [1.29, 1.82) is 0 Å². The van der Waals surface area contributed by atoms with E-state index in [-0.39, 0.29) is 5.91 Å². The van der Waals surface area contributed by atoms with Crippen molar-refractivity contribution in [2.24, 2.45) is 0 Å². The molecule has 0 aliphatic rings. The van der Waals surface area contributed by atoms with Crippen LogP contribution in [0, 0.1) is 0 Å². The van der Waals surface area contributed by atoms with Gasteiger partial charge in [-0.15, -0.1) is 0 Å². The first-order chi connectivity index (χ1) is 13.1. The minimum Gasteiger partial charge on any atom is -0.354 e. The molecule has 0 radical (unpaired) electrons. The van der Waals surface area contributed by atoms with E-state index in [1.165, 1.54) is 0 Å². The van der Waals surface area contributed by atoms with E-state index in [1.54, 1.807) is 25.5 Å². The van der Waals surface area contributed by atoms with E-state index in [0.717, 1.165) is 21.1 Å². The van der Waals surface area contributed by atoms with Crippen LogP contribution >= 0.6 is 15.9 Å². The molecule has 0 bridgehead atoms. The number of halogens is 1. The highest BCUT2D eigenvalue weighted by Crippen LogP contribution is 2.23. The molecule has 0 fully saturated rings.